The summed E-state index contributed by atoms with van der Waals surface area (Å²) in [6.45, 7) is -0.0912. The van der Waals surface area contributed by atoms with Gasteiger partial charge in [-0.25, -0.2) is 4.39 Å². The first kappa shape index (κ1) is 11.6. The van der Waals surface area contributed by atoms with E-state index in [-0.39, 0.29) is 13.2 Å². The topological polar surface area (TPSA) is 18.5 Å². The molecule has 0 saturated heterocycles. The highest BCUT2D eigenvalue weighted by Gasteiger charge is 2.32. The second-order valence-corrected chi connectivity index (χ2v) is 2.09. The largest absolute Gasteiger partial charge is 0.394 e. The minimum absolute atomic E-state index is 0.0816. The second-order valence-electron chi connectivity index (χ2n) is 2.09. The number of methoxy groups -OCH3 is 1. The van der Waals surface area contributed by atoms with E-state index < -0.39 is 19.0 Å². The molecule has 0 aliphatic carbocycles. The molecule has 0 N–H and O–H groups in total. The summed E-state index contributed by atoms with van der Waals surface area (Å²) < 4.78 is 55.2. The van der Waals surface area contributed by atoms with Crippen molar-refractivity contribution in [3.8, 4) is 0 Å². The quantitative estimate of drug-likeness (QED) is 0.487. The molecule has 74 valence electrons. The van der Waals surface area contributed by atoms with Crippen molar-refractivity contribution in [3.05, 3.63) is 0 Å². The maximum Gasteiger partial charge on any atom is 0.394 e. The van der Waals surface area contributed by atoms with Crippen LogP contribution in [0.15, 0.2) is 0 Å². The monoisotopic (exact) mass is 190 g/mol. The van der Waals surface area contributed by atoms with E-state index in [1.165, 1.54) is 7.11 Å². The molecule has 0 saturated carbocycles. The Balaban J connectivity index is 3.40. The third-order valence-corrected chi connectivity index (χ3v) is 0.978. The summed E-state index contributed by atoms with van der Waals surface area (Å²) in [5, 5.41) is 0. The van der Waals surface area contributed by atoms with E-state index in [1.807, 2.05) is 0 Å². The van der Waals surface area contributed by atoms with Crippen LogP contribution in [-0.4, -0.2) is 32.9 Å². The van der Waals surface area contributed by atoms with Crippen molar-refractivity contribution in [1.29, 1.82) is 0 Å². The molecule has 1 unspecified atom stereocenters. The molecule has 0 amide bonds. The van der Waals surface area contributed by atoms with Crippen molar-refractivity contribution in [2.45, 2.75) is 19.0 Å². The van der Waals surface area contributed by atoms with Gasteiger partial charge in [0.1, 0.15) is 0 Å². The molecule has 0 heterocycles. The normalized spacial score (nSPS) is 14.8. The minimum Gasteiger partial charge on any atom is -0.382 e. The molecule has 0 aromatic rings. The van der Waals surface area contributed by atoms with Crippen LogP contribution in [0, 0.1) is 0 Å². The van der Waals surface area contributed by atoms with Crippen LogP contribution in [0.3, 0.4) is 0 Å². The van der Waals surface area contributed by atoms with Crippen LogP contribution in [0.1, 0.15) is 6.42 Å². The molecule has 0 aliphatic rings. The SMILES string of the molecule is COCCOC(F)CC(F)(F)F. The van der Waals surface area contributed by atoms with E-state index in [9.17, 15) is 17.6 Å². The summed E-state index contributed by atoms with van der Waals surface area (Å²) in [5.41, 5.74) is 0. The van der Waals surface area contributed by atoms with E-state index >= 15 is 0 Å². The van der Waals surface area contributed by atoms with Gasteiger partial charge in [0, 0.05) is 7.11 Å². The molecular formula is C6H10F4O2. The molecule has 0 fully saturated rings. The molecule has 0 radical (unpaired) electrons. The van der Waals surface area contributed by atoms with Crippen molar-refractivity contribution < 1.29 is 27.0 Å². The maximum atomic E-state index is 12.2. The van der Waals surface area contributed by atoms with Crippen LogP contribution in [-0.2, 0) is 9.47 Å². The first-order valence-electron chi connectivity index (χ1n) is 3.27. The number of ether oxygens (including phenoxy) is 2. The summed E-state index contributed by atoms with van der Waals surface area (Å²) in [7, 11) is 1.35. The molecule has 0 aromatic heterocycles. The van der Waals surface area contributed by atoms with E-state index in [0.717, 1.165) is 0 Å². The fourth-order valence-electron chi connectivity index (χ4n) is 0.500. The summed E-state index contributed by atoms with van der Waals surface area (Å²) in [6.07, 6.45) is -8.39. The van der Waals surface area contributed by atoms with Crippen LogP contribution < -0.4 is 0 Å². The smallest absolute Gasteiger partial charge is 0.382 e. The van der Waals surface area contributed by atoms with Gasteiger partial charge in [-0.3, -0.25) is 0 Å². The Morgan fingerprint density at radius 2 is 1.83 bits per heavy atom. The van der Waals surface area contributed by atoms with Crippen molar-refractivity contribution in [2.24, 2.45) is 0 Å². The van der Waals surface area contributed by atoms with Gasteiger partial charge in [-0.1, -0.05) is 0 Å². The average Bonchev–Trinajstić information content (AvgIpc) is 1.84. The first-order chi connectivity index (χ1) is 5.45. The summed E-state index contributed by atoms with van der Waals surface area (Å²) in [6, 6.07) is 0. The lowest BCUT2D eigenvalue weighted by Gasteiger charge is -2.11. The molecule has 0 aliphatic heterocycles. The summed E-state index contributed by atoms with van der Waals surface area (Å²) in [4.78, 5) is 0. The highest BCUT2D eigenvalue weighted by Crippen LogP contribution is 2.23. The van der Waals surface area contributed by atoms with Gasteiger partial charge in [0.25, 0.3) is 0 Å². The van der Waals surface area contributed by atoms with Gasteiger partial charge in [0.05, 0.1) is 19.6 Å². The van der Waals surface area contributed by atoms with Crippen molar-refractivity contribution in [2.75, 3.05) is 20.3 Å². The summed E-state index contributed by atoms with van der Waals surface area (Å²) in [5.74, 6) is 0. The van der Waals surface area contributed by atoms with E-state index in [0.29, 0.717) is 0 Å². The highest BCUT2D eigenvalue weighted by atomic mass is 19.4. The van der Waals surface area contributed by atoms with E-state index in [4.69, 9.17) is 0 Å². The molecule has 0 aromatic carbocycles. The molecule has 1 atom stereocenters. The molecule has 12 heavy (non-hydrogen) atoms. The zero-order valence-corrected chi connectivity index (χ0v) is 6.53. The zero-order valence-electron chi connectivity index (χ0n) is 6.53. The number of hydrogen-bond donors (Lipinski definition) is 0. The number of alkyl halides is 4. The third kappa shape index (κ3) is 7.74. The zero-order chi connectivity index (χ0) is 9.61. The van der Waals surface area contributed by atoms with Crippen LogP contribution in [0.2, 0.25) is 0 Å². The lowest BCUT2D eigenvalue weighted by Crippen LogP contribution is -2.20. The van der Waals surface area contributed by atoms with Gasteiger partial charge >= 0.3 is 6.18 Å². The predicted octanol–water partition coefficient (Wildman–Crippen LogP) is 1.90. The second kappa shape index (κ2) is 5.31. The molecule has 0 spiro atoms. The van der Waals surface area contributed by atoms with Crippen molar-refractivity contribution in [3.63, 3.8) is 0 Å². The van der Waals surface area contributed by atoms with Gasteiger partial charge < -0.3 is 9.47 Å². The molecule has 6 heteroatoms. The lowest BCUT2D eigenvalue weighted by molar-refractivity contribution is -0.185. The Morgan fingerprint density at radius 1 is 1.25 bits per heavy atom. The maximum absolute atomic E-state index is 12.2. The standard InChI is InChI=1S/C6H10F4O2/c1-11-2-3-12-5(7)4-6(8,9)10/h5H,2-4H2,1H3. The number of halogens is 4. The Labute approximate surface area is 67.5 Å². The Kier molecular flexibility index (Phi) is 5.16. The van der Waals surface area contributed by atoms with E-state index in [2.05, 4.69) is 9.47 Å². The van der Waals surface area contributed by atoms with Gasteiger partial charge in [-0.05, 0) is 0 Å². The molecular weight excluding hydrogens is 180 g/mol. The third-order valence-electron chi connectivity index (χ3n) is 0.978. The van der Waals surface area contributed by atoms with Gasteiger partial charge in [0.15, 0.2) is 0 Å². The van der Waals surface area contributed by atoms with Crippen LogP contribution in [0.5, 0.6) is 0 Å². The predicted molar refractivity (Wildman–Crippen MR) is 33.4 cm³/mol. The average molecular weight is 190 g/mol. The Hall–Kier alpha value is -0.360. The van der Waals surface area contributed by atoms with Gasteiger partial charge in [0.2, 0.25) is 6.36 Å². The lowest BCUT2D eigenvalue weighted by atomic mass is 10.4. The van der Waals surface area contributed by atoms with Crippen molar-refractivity contribution >= 4 is 0 Å². The van der Waals surface area contributed by atoms with Gasteiger partial charge in [-0.2, -0.15) is 13.2 Å². The molecule has 0 bridgehead atoms. The fourth-order valence-corrected chi connectivity index (χ4v) is 0.500. The number of rotatable bonds is 5. The van der Waals surface area contributed by atoms with Crippen LogP contribution >= 0.6 is 0 Å². The highest BCUT2D eigenvalue weighted by molar-refractivity contribution is 4.52. The fraction of sp³-hybridized carbons (Fsp3) is 1.00. The van der Waals surface area contributed by atoms with Crippen LogP contribution in [0.4, 0.5) is 17.6 Å². The van der Waals surface area contributed by atoms with Crippen LogP contribution in [0.25, 0.3) is 0 Å². The minimum atomic E-state index is -4.52. The first-order valence-corrected chi connectivity index (χ1v) is 3.27. The van der Waals surface area contributed by atoms with Crippen molar-refractivity contribution in [1.82, 2.24) is 0 Å². The van der Waals surface area contributed by atoms with Gasteiger partial charge in [-0.15, -0.1) is 0 Å². The van der Waals surface area contributed by atoms with E-state index in [1.54, 1.807) is 0 Å². The number of hydrogen-bond acceptors (Lipinski definition) is 2. The Bertz CT molecular complexity index is 115. The molecule has 2 nitrogen and oxygen atoms in total. The Morgan fingerprint density at radius 3 is 2.25 bits per heavy atom. The molecule has 0 rings (SSSR count). The summed E-state index contributed by atoms with van der Waals surface area (Å²) >= 11 is 0.